The molecule has 224 valence electrons. The number of rotatable bonds is 4. The zero-order valence-corrected chi connectivity index (χ0v) is 21.3. The first-order valence-electron chi connectivity index (χ1n) is 11.8. The van der Waals surface area contributed by atoms with E-state index in [0.717, 1.165) is 42.0 Å². The average molecular weight is 600 g/mol. The number of morpholine rings is 1. The van der Waals surface area contributed by atoms with Crippen LogP contribution >= 0.6 is 0 Å². The molecule has 5 rings (SSSR count). The Hall–Kier alpha value is -4.64. The summed E-state index contributed by atoms with van der Waals surface area (Å²) in [6.45, 7) is 3.22. The number of hydrogen-bond donors (Lipinski definition) is 2. The number of carbonyl (C=O) groups is 2. The molecule has 0 spiro atoms. The number of aliphatic carboxylic acids is 2. The van der Waals surface area contributed by atoms with E-state index < -0.39 is 24.3 Å². The highest BCUT2D eigenvalue weighted by Gasteiger charge is 2.38. The minimum Gasteiger partial charge on any atom is -0.475 e. The van der Waals surface area contributed by atoms with Crippen molar-refractivity contribution in [1.29, 1.82) is 0 Å². The Morgan fingerprint density at radius 2 is 1.52 bits per heavy atom. The van der Waals surface area contributed by atoms with Crippen molar-refractivity contribution in [3.8, 4) is 11.1 Å². The quantitative estimate of drug-likeness (QED) is 0.330. The summed E-state index contributed by atoms with van der Waals surface area (Å²) in [5, 5.41) is 23.0. The van der Waals surface area contributed by atoms with Crippen molar-refractivity contribution in [2.45, 2.75) is 25.0 Å². The third kappa shape index (κ3) is 9.20. The molecule has 0 bridgehead atoms. The van der Waals surface area contributed by atoms with Crippen LogP contribution in [0.15, 0.2) is 67.4 Å². The predicted molar refractivity (Wildman–Crippen MR) is 132 cm³/mol. The molecule has 5 heterocycles. The zero-order chi connectivity index (χ0) is 30.9. The van der Waals surface area contributed by atoms with Crippen LogP contribution in [0.1, 0.15) is 17.4 Å². The van der Waals surface area contributed by atoms with Gasteiger partial charge in [0.1, 0.15) is 11.8 Å². The summed E-state index contributed by atoms with van der Waals surface area (Å²) in [7, 11) is 0. The fourth-order valence-corrected chi connectivity index (χ4v) is 3.61. The molecule has 0 aliphatic carbocycles. The minimum atomic E-state index is -5.08. The number of nitrogens with zero attached hydrogens (tertiary/aromatic N) is 6. The lowest BCUT2D eigenvalue weighted by atomic mass is 10.1. The Kier molecular flexibility index (Phi) is 10.5. The molecule has 1 fully saturated rings. The smallest absolute Gasteiger partial charge is 0.475 e. The first-order valence-corrected chi connectivity index (χ1v) is 11.8. The fraction of sp³-hybridized carbons (Fsp3) is 0.280. The minimum absolute atomic E-state index is 0.0906. The monoisotopic (exact) mass is 600 g/mol. The van der Waals surface area contributed by atoms with Gasteiger partial charge in [-0.1, -0.05) is 23.4 Å². The van der Waals surface area contributed by atoms with E-state index >= 15 is 0 Å². The second-order valence-electron chi connectivity index (χ2n) is 8.53. The molecular weight excluding hydrogens is 578 g/mol. The van der Waals surface area contributed by atoms with E-state index in [4.69, 9.17) is 24.5 Å². The van der Waals surface area contributed by atoms with E-state index in [0.29, 0.717) is 6.61 Å². The van der Waals surface area contributed by atoms with Crippen LogP contribution in [0.3, 0.4) is 0 Å². The molecule has 0 aromatic carbocycles. The number of hydrogen-bond acceptors (Lipinski definition) is 8. The Morgan fingerprint density at radius 1 is 0.905 bits per heavy atom. The highest BCUT2D eigenvalue weighted by Crippen LogP contribution is 2.27. The van der Waals surface area contributed by atoms with E-state index in [1.807, 2.05) is 41.3 Å². The normalized spacial score (nSPS) is 15.6. The summed E-state index contributed by atoms with van der Waals surface area (Å²) >= 11 is 0. The van der Waals surface area contributed by atoms with Crippen molar-refractivity contribution in [2.75, 3.05) is 19.7 Å². The molecule has 1 aliphatic rings. The van der Waals surface area contributed by atoms with Crippen molar-refractivity contribution >= 4 is 17.5 Å². The lowest BCUT2D eigenvalue weighted by molar-refractivity contribution is -0.193. The van der Waals surface area contributed by atoms with Crippen molar-refractivity contribution < 1.29 is 50.9 Å². The lowest BCUT2D eigenvalue weighted by Gasteiger charge is -2.32. The van der Waals surface area contributed by atoms with Crippen molar-refractivity contribution in [3.05, 3.63) is 78.6 Å². The molecule has 11 nitrogen and oxygen atoms in total. The zero-order valence-electron chi connectivity index (χ0n) is 21.3. The number of alkyl halides is 6. The maximum Gasteiger partial charge on any atom is 0.490 e. The van der Waals surface area contributed by atoms with Crippen LogP contribution in [0.2, 0.25) is 0 Å². The molecule has 0 saturated carbocycles. The highest BCUT2D eigenvalue weighted by molar-refractivity contribution is 5.73. The summed E-state index contributed by atoms with van der Waals surface area (Å²) in [5.41, 5.74) is 5.17. The first-order chi connectivity index (χ1) is 19.8. The lowest BCUT2D eigenvalue weighted by Crippen LogP contribution is -2.38. The van der Waals surface area contributed by atoms with Gasteiger partial charge in [0.05, 0.1) is 12.1 Å². The molecule has 0 amide bonds. The summed E-state index contributed by atoms with van der Waals surface area (Å²) in [6, 6.07) is 12.2. The number of ether oxygens (including phenoxy) is 1. The van der Waals surface area contributed by atoms with Crippen LogP contribution in [0.5, 0.6) is 0 Å². The largest absolute Gasteiger partial charge is 0.490 e. The van der Waals surface area contributed by atoms with Gasteiger partial charge in [-0.3, -0.25) is 14.9 Å². The van der Waals surface area contributed by atoms with Crippen LogP contribution in [-0.2, 0) is 20.9 Å². The van der Waals surface area contributed by atoms with Crippen LogP contribution in [0.25, 0.3) is 16.6 Å². The highest BCUT2D eigenvalue weighted by atomic mass is 19.4. The molecule has 1 saturated heterocycles. The van der Waals surface area contributed by atoms with Crippen LogP contribution < -0.4 is 0 Å². The van der Waals surface area contributed by atoms with E-state index in [9.17, 15) is 26.3 Å². The van der Waals surface area contributed by atoms with Crippen LogP contribution in [0.4, 0.5) is 26.3 Å². The predicted octanol–water partition coefficient (Wildman–Crippen LogP) is 4.03. The molecule has 1 unspecified atom stereocenters. The van der Waals surface area contributed by atoms with Gasteiger partial charge >= 0.3 is 24.3 Å². The van der Waals surface area contributed by atoms with Crippen LogP contribution in [-0.4, -0.2) is 83.9 Å². The molecule has 4 aromatic heterocycles. The first kappa shape index (κ1) is 31.9. The average Bonchev–Trinajstić information content (AvgIpc) is 3.37. The third-order valence-corrected chi connectivity index (χ3v) is 5.50. The number of carboxylic acid groups (broad SMARTS) is 2. The standard InChI is InChI=1S/C21H20N6O.2C2HF3O2/c1-3-16(11-22-7-1)13-26-9-10-28-20(15-26)21-19-6-5-18(14-27(19)25-24-21)17-4-2-8-23-12-17;2*3-2(4,5)1(6)7/h1-8,11-12,14,20H,9-10,13,15H2;2*(H,6,7). The second kappa shape index (κ2) is 13.8. The summed E-state index contributed by atoms with van der Waals surface area (Å²) in [6.07, 6.45) is -0.940. The van der Waals surface area contributed by atoms with Gasteiger partial charge < -0.3 is 14.9 Å². The van der Waals surface area contributed by atoms with Crippen molar-refractivity contribution in [1.82, 2.24) is 29.7 Å². The van der Waals surface area contributed by atoms with Crippen molar-refractivity contribution in [3.63, 3.8) is 0 Å². The van der Waals surface area contributed by atoms with Crippen molar-refractivity contribution in [2.24, 2.45) is 0 Å². The SMILES string of the molecule is O=C(O)C(F)(F)F.O=C(O)C(F)(F)F.c1cncc(CN2CCOC(c3nnn4cc(-c5cccnc5)ccc34)C2)c1. The maximum absolute atomic E-state index is 10.6. The molecule has 17 heteroatoms. The Labute approximate surface area is 233 Å². The molecule has 1 atom stereocenters. The number of halogens is 6. The van der Waals surface area contributed by atoms with Gasteiger partial charge in [0.15, 0.2) is 0 Å². The van der Waals surface area contributed by atoms with Gasteiger partial charge in [0.25, 0.3) is 0 Å². The molecule has 1 aliphatic heterocycles. The molecule has 42 heavy (non-hydrogen) atoms. The maximum atomic E-state index is 10.6. The summed E-state index contributed by atoms with van der Waals surface area (Å²) < 4.78 is 71.3. The van der Waals surface area contributed by atoms with Gasteiger partial charge in [-0.15, -0.1) is 5.10 Å². The van der Waals surface area contributed by atoms with E-state index in [1.165, 1.54) is 5.56 Å². The van der Waals surface area contributed by atoms with Gasteiger partial charge in [-0.2, -0.15) is 26.3 Å². The Morgan fingerprint density at radius 3 is 2.07 bits per heavy atom. The second-order valence-corrected chi connectivity index (χ2v) is 8.53. The van der Waals surface area contributed by atoms with E-state index in [1.54, 1.807) is 12.4 Å². The van der Waals surface area contributed by atoms with Gasteiger partial charge in [0, 0.05) is 61.7 Å². The fourth-order valence-electron chi connectivity index (χ4n) is 3.61. The topological polar surface area (TPSA) is 143 Å². The molecule has 2 N–H and O–H groups in total. The number of carboxylic acids is 2. The van der Waals surface area contributed by atoms with Gasteiger partial charge in [-0.25, -0.2) is 14.1 Å². The number of aromatic nitrogens is 5. The number of fused-ring (bicyclic) bond motifs is 1. The van der Waals surface area contributed by atoms with E-state index in [2.05, 4.69) is 43.4 Å². The number of pyridine rings is 3. The molecular formula is C25H22F6N6O5. The van der Waals surface area contributed by atoms with Crippen LogP contribution in [0, 0.1) is 0 Å². The summed E-state index contributed by atoms with van der Waals surface area (Å²) in [5.74, 6) is -5.51. The summed E-state index contributed by atoms with van der Waals surface area (Å²) in [4.78, 5) is 28.6. The third-order valence-electron chi connectivity index (χ3n) is 5.50. The Bertz CT molecular complexity index is 1440. The Balaban J connectivity index is 0.000000289. The van der Waals surface area contributed by atoms with Gasteiger partial charge in [-0.05, 0) is 23.8 Å². The van der Waals surface area contributed by atoms with Gasteiger partial charge in [0.2, 0.25) is 0 Å². The molecule has 4 aromatic rings. The van der Waals surface area contributed by atoms with E-state index in [-0.39, 0.29) is 6.10 Å². The molecule has 0 radical (unpaired) electrons.